The van der Waals surface area contributed by atoms with Crippen molar-refractivity contribution in [1.29, 1.82) is 0 Å². The third-order valence-electron chi connectivity index (χ3n) is 7.22. The van der Waals surface area contributed by atoms with E-state index in [1.54, 1.807) is 18.1 Å². The van der Waals surface area contributed by atoms with Gasteiger partial charge in [0.15, 0.2) is 0 Å². The lowest BCUT2D eigenvalue weighted by molar-refractivity contribution is -0.113. The molecule has 1 atom stereocenters. The third-order valence-corrected chi connectivity index (χ3v) is 8.30. The maximum absolute atomic E-state index is 12.6. The van der Waals surface area contributed by atoms with Crippen molar-refractivity contribution < 1.29 is 19.1 Å². The molecular formula is C27H28N4O5S. The van der Waals surface area contributed by atoms with Crippen LogP contribution in [0.5, 0.6) is 5.75 Å². The molecule has 0 spiro atoms. The molecule has 0 saturated carbocycles. The van der Waals surface area contributed by atoms with Crippen LogP contribution in [0.25, 0.3) is 10.9 Å². The van der Waals surface area contributed by atoms with E-state index >= 15 is 0 Å². The first-order chi connectivity index (χ1) is 18.0. The first kappa shape index (κ1) is 23.9. The van der Waals surface area contributed by atoms with Gasteiger partial charge in [0.1, 0.15) is 11.9 Å². The van der Waals surface area contributed by atoms with Gasteiger partial charge >= 0.3 is 6.09 Å². The van der Waals surface area contributed by atoms with Gasteiger partial charge in [0.2, 0.25) is 5.91 Å². The Bertz CT molecular complexity index is 1430. The molecule has 2 aromatic carbocycles. The maximum Gasteiger partial charge on any atom is 0.414 e. The number of hydrogen-bond acceptors (Lipinski definition) is 7. The number of hydrogen-bond donors (Lipinski definition) is 1. The van der Waals surface area contributed by atoms with Crippen molar-refractivity contribution in [2.75, 3.05) is 49.3 Å². The highest BCUT2D eigenvalue weighted by atomic mass is 32.2. The number of amides is 2. The number of methoxy groups -OCH3 is 1. The largest absolute Gasteiger partial charge is 0.497 e. The van der Waals surface area contributed by atoms with Gasteiger partial charge in [0.05, 0.1) is 30.6 Å². The minimum absolute atomic E-state index is 0.00231. The number of likely N-dealkylation sites (tertiary alicyclic amines) is 1. The van der Waals surface area contributed by atoms with Crippen LogP contribution in [-0.2, 0) is 16.1 Å². The summed E-state index contributed by atoms with van der Waals surface area (Å²) in [4.78, 5) is 41.8. The van der Waals surface area contributed by atoms with Gasteiger partial charge in [0, 0.05) is 54.8 Å². The summed E-state index contributed by atoms with van der Waals surface area (Å²) in [6.45, 7) is 3.79. The highest BCUT2D eigenvalue weighted by Crippen LogP contribution is 2.35. The van der Waals surface area contributed by atoms with E-state index in [4.69, 9.17) is 9.47 Å². The lowest BCUT2D eigenvalue weighted by Gasteiger charge is -2.40. The molecule has 3 aliphatic heterocycles. The number of thioether (sulfide) groups is 1. The summed E-state index contributed by atoms with van der Waals surface area (Å²) in [6, 6.07) is 15.0. The van der Waals surface area contributed by atoms with Crippen molar-refractivity contribution >= 4 is 46.0 Å². The van der Waals surface area contributed by atoms with Gasteiger partial charge in [-0.2, -0.15) is 0 Å². The molecule has 4 heterocycles. The van der Waals surface area contributed by atoms with Crippen LogP contribution in [0.1, 0.15) is 6.42 Å². The fourth-order valence-corrected chi connectivity index (χ4v) is 6.05. The number of fused-ring (bicyclic) bond motifs is 2. The van der Waals surface area contributed by atoms with E-state index in [-0.39, 0.29) is 23.7 Å². The molecule has 0 radical (unpaired) electrons. The fraction of sp³-hybridized carbons (Fsp3) is 0.370. The van der Waals surface area contributed by atoms with Crippen LogP contribution >= 0.6 is 11.8 Å². The molecule has 3 aromatic rings. The van der Waals surface area contributed by atoms with Crippen LogP contribution < -0.4 is 20.5 Å². The third kappa shape index (κ3) is 4.78. The molecular weight excluding hydrogens is 492 g/mol. The van der Waals surface area contributed by atoms with Crippen molar-refractivity contribution in [3.63, 3.8) is 0 Å². The Kier molecular flexibility index (Phi) is 6.29. The Hall–Kier alpha value is -3.50. The van der Waals surface area contributed by atoms with Crippen LogP contribution in [0.2, 0.25) is 0 Å². The molecule has 1 N–H and O–H groups in total. The molecule has 1 unspecified atom stereocenters. The zero-order chi connectivity index (χ0) is 25.5. The van der Waals surface area contributed by atoms with Crippen LogP contribution in [0.15, 0.2) is 58.2 Å². The van der Waals surface area contributed by atoms with Crippen molar-refractivity contribution in [1.82, 2.24) is 9.47 Å². The number of aromatic nitrogens is 1. The van der Waals surface area contributed by atoms with E-state index in [1.165, 1.54) is 11.8 Å². The molecule has 2 amide bonds. The summed E-state index contributed by atoms with van der Waals surface area (Å²) in [5.74, 6) is 1.50. The molecule has 1 aromatic heterocycles. The lowest BCUT2D eigenvalue weighted by Crippen LogP contribution is -2.50. The molecule has 3 aliphatic rings. The molecule has 0 bridgehead atoms. The molecule has 2 saturated heterocycles. The summed E-state index contributed by atoms with van der Waals surface area (Å²) in [5, 5.41) is 3.89. The summed E-state index contributed by atoms with van der Waals surface area (Å²) in [7, 11) is 1.63. The van der Waals surface area contributed by atoms with Gasteiger partial charge in [-0.25, -0.2) is 4.79 Å². The quantitative estimate of drug-likeness (QED) is 0.510. The van der Waals surface area contributed by atoms with Crippen LogP contribution in [0.3, 0.4) is 0 Å². The molecule has 9 nitrogen and oxygen atoms in total. The number of nitrogens with one attached hydrogen (secondary N) is 1. The van der Waals surface area contributed by atoms with E-state index in [2.05, 4.69) is 10.2 Å². The van der Waals surface area contributed by atoms with Gasteiger partial charge in [-0.15, -0.1) is 11.8 Å². The smallest absolute Gasteiger partial charge is 0.414 e. The number of cyclic esters (lactones) is 1. The maximum atomic E-state index is 12.6. The highest BCUT2D eigenvalue weighted by Gasteiger charge is 2.34. The second-order valence-electron chi connectivity index (χ2n) is 9.75. The van der Waals surface area contributed by atoms with Crippen molar-refractivity contribution in [3.8, 4) is 5.75 Å². The number of ether oxygens (including phenoxy) is 2. The normalized spacial score (nSPS) is 19.9. The van der Waals surface area contributed by atoms with E-state index < -0.39 is 0 Å². The Labute approximate surface area is 218 Å². The Balaban J connectivity index is 1.02. The van der Waals surface area contributed by atoms with Gasteiger partial charge in [0.25, 0.3) is 5.56 Å². The molecule has 0 aliphatic carbocycles. The number of pyridine rings is 1. The van der Waals surface area contributed by atoms with Crippen LogP contribution in [0.4, 0.5) is 16.2 Å². The second kappa shape index (κ2) is 9.75. The Morgan fingerprint density at radius 2 is 1.89 bits per heavy atom. The SMILES string of the molecule is COc1ccc2ccc(=O)n(CC3CN(CCC4CN(c5ccc6c(c5)NC(=O)CS6)C(=O)O4)C3)c2c1. The summed E-state index contributed by atoms with van der Waals surface area (Å²) >= 11 is 1.50. The zero-order valence-corrected chi connectivity index (χ0v) is 21.3. The fourth-order valence-electron chi connectivity index (χ4n) is 5.26. The highest BCUT2D eigenvalue weighted by molar-refractivity contribution is 8.00. The van der Waals surface area contributed by atoms with E-state index in [0.717, 1.165) is 59.0 Å². The van der Waals surface area contributed by atoms with Crippen molar-refractivity contribution in [2.24, 2.45) is 5.92 Å². The number of rotatable bonds is 7. The van der Waals surface area contributed by atoms with Gasteiger partial charge in [-0.1, -0.05) is 0 Å². The number of nitrogens with zero attached hydrogens (tertiary/aromatic N) is 3. The molecule has 37 heavy (non-hydrogen) atoms. The molecule has 10 heteroatoms. The van der Waals surface area contributed by atoms with Crippen LogP contribution in [0, 0.1) is 5.92 Å². The summed E-state index contributed by atoms with van der Waals surface area (Å²) in [5.41, 5.74) is 2.36. The zero-order valence-electron chi connectivity index (χ0n) is 20.5. The standard InChI is InChI=1S/C27H28N4O5S/c1-35-20-5-2-18-3-7-26(33)31(23(18)11-20)14-17-12-29(13-17)9-8-21-15-30(27(34)36-21)19-4-6-24-22(10-19)28-25(32)16-37-24/h2-7,10-11,17,21H,8-9,12-16H2,1H3,(H,28,32). The number of benzene rings is 2. The molecule has 2 fully saturated rings. The summed E-state index contributed by atoms with van der Waals surface area (Å²) < 4.78 is 12.8. The average Bonchev–Trinajstić information content (AvgIpc) is 3.25. The minimum atomic E-state index is -0.355. The van der Waals surface area contributed by atoms with Gasteiger partial charge in [-0.3, -0.25) is 14.5 Å². The monoisotopic (exact) mass is 520 g/mol. The first-order valence-electron chi connectivity index (χ1n) is 12.4. The van der Waals surface area contributed by atoms with Gasteiger partial charge in [-0.05, 0) is 48.2 Å². The van der Waals surface area contributed by atoms with E-state index in [9.17, 15) is 14.4 Å². The van der Waals surface area contributed by atoms with Crippen molar-refractivity contribution in [3.05, 3.63) is 58.9 Å². The van der Waals surface area contributed by atoms with E-state index in [1.807, 2.05) is 47.0 Å². The number of carbonyl (C=O) groups excluding carboxylic acids is 2. The minimum Gasteiger partial charge on any atom is -0.497 e. The molecule has 192 valence electrons. The first-order valence-corrected chi connectivity index (χ1v) is 13.4. The summed E-state index contributed by atoms with van der Waals surface area (Å²) in [6.07, 6.45) is 0.212. The predicted molar refractivity (Wildman–Crippen MR) is 143 cm³/mol. The molecule has 6 rings (SSSR count). The Morgan fingerprint density at radius 3 is 2.73 bits per heavy atom. The topological polar surface area (TPSA) is 93.1 Å². The number of anilines is 2. The van der Waals surface area contributed by atoms with Crippen molar-refractivity contribution in [2.45, 2.75) is 24.0 Å². The Morgan fingerprint density at radius 1 is 1.05 bits per heavy atom. The number of carbonyl (C=O) groups is 2. The van der Waals surface area contributed by atoms with Gasteiger partial charge < -0.3 is 24.3 Å². The van der Waals surface area contributed by atoms with Crippen LogP contribution in [-0.4, -0.2) is 66.6 Å². The predicted octanol–water partition coefficient (Wildman–Crippen LogP) is 3.40. The second-order valence-corrected chi connectivity index (χ2v) is 10.8. The lowest BCUT2D eigenvalue weighted by atomic mass is 9.99. The van der Waals surface area contributed by atoms with E-state index in [0.29, 0.717) is 24.8 Å². The average molecular weight is 521 g/mol.